The number of benzene rings is 1. The summed E-state index contributed by atoms with van der Waals surface area (Å²) in [6.45, 7) is 5.98. The number of carbonyl (C=O) groups is 4. The fraction of sp³-hybridized carbons (Fsp3) is 0.500. The first-order valence-electron chi connectivity index (χ1n) is 9.39. The average molecular weight is 387 g/mol. The molecule has 0 bridgehead atoms. The Bertz CT molecular complexity index is 812. The molecule has 0 aromatic heterocycles. The van der Waals surface area contributed by atoms with E-state index in [0.717, 1.165) is 0 Å². The summed E-state index contributed by atoms with van der Waals surface area (Å²) in [4.78, 5) is 54.3. The highest BCUT2D eigenvalue weighted by molar-refractivity contribution is 6.22. The largest absolute Gasteiger partial charge is 0.375 e. The third-order valence-corrected chi connectivity index (χ3v) is 4.95. The number of rotatable bonds is 5. The molecule has 2 aliphatic rings. The minimum atomic E-state index is -0.349. The van der Waals surface area contributed by atoms with Crippen molar-refractivity contribution in [1.29, 1.82) is 0 Å². The normalized spacial score (nSPS) is 16.8. The lowest BCUT2D eigenvalue weighted by Crippen LogP contribution is -2.51. The second kappa shape index (κ2) is 8.10. The van der Waals surface area contributed by atoms with E-state index in [2.05, 4.69) is 0 Å². The third-order valence-electron chi connectivity index (χ3n) is 4.95. The van der Waals surface area contributed by atoms with Gasteiger partial charge in [0.05, 0.1) is 11.1 Å². The summed E-state index contributed by atoms with van der Waals surface area (Å²) in [5, 5.41) is 0. The molecule has 8 nitrogen and oxygen atoms in total. The molecule has 2 aliphatic heterocycles. The molecule has 1 fully saturated rings. The van der Waals surface area contributed by atoms with Crippen LogP contribution in [-0.2, 0) is 9.53 Å². The molecule has 0 unspecified atom stereocenters. The highest BCUT2D eigenvalue weighted by Gasteiger charge is 2.36. The number of ether oxygens (including phenoxy) is 1. The number of fused-ring (bicyclic) bond motifs is 1. The van der Waals surface area contributed by atoms with Crippen LogP contribution in [0.15, 0.2) is 18.2 Å². The number of methoxy groups -OCH3 is 1. The standard InChI is InChI=1S/C20H25N3O5/c1-13(2)11-23-19(26)15-5-4-14(10-16(15)20(23)27)18(25)22-8-6-21(7-9-22)17(24)12-28-3/h4-5,10,13H,6-9,11-12H2,1-3H3. The molecule has 150 valence electrons. The van der Waals surface area contributed by atoms with E-state index in [1.54, 1.807) is 21.9 Å². The second-order valence-corrected chi connectivity index (χ2v) is 7.48. The second-order valence-electron chi connectivity index (χ2n) is 7.48. The molecule has 3 rings (SSSR count). The molecule has 0 spiro atoms. The monoisotopic (exact) mass is 387 g/mol. The molecule has 8 heteroatoms. The van der Waals surface area contributed by atoms with Crippen molar-refractivity contribution in [2.24, 2.45) is 5.92 Å². The van der Waals surface area contributed by atoms with E-state index < -0.39 is 0 Å². The van der Waals surface area contributed by atoms with E-state index in [9.17, 15) is 19.2 Å². The smallest absolute Gasteiger partial charge is 0.261 e. The fourth-order valence-electron chi connectivity index (χ4n) is 3.51. The van der Waals surface area contributed by atoms with Gasteiger partial charge in [0.2, 0.25) is 5.91 Å². The van der Waals surface area contributed by atoms with Crippen molar-refractivity contribution >= 4 is 23.6 Å². The number of amides is 4. The van der Waals surface area contributed by atoms with Gasteiger partial charge in [-0.1, -0.05) is 13.8 Å². The highest BCUT2D eigenvalue weighted by Crippen LogP contribution is 2.25. The van der Waals surface area contributed by atoms with Crippen molar-refractivity contribution in [3.05, 3.63) is 34.9 Å². The van der Waals surface area contributed by atoms with Crippen LogP contribution in [0.5, 0.6) is 0 Å². The number of carbonyl (C=O) groups excluding carboxylic acids is 4. The topological polar surface area (TPSA) is 87.2 Å². The first-order valence-corrected chi connectivity index (χ1v) is 9.39. The lowest BCUT2D eigenvalue weighted by Gasteiger charge is -2.34. The minimum Gasteiger partial charge on any atom is -0.375 e. The van der Waals surface area contributed by atoms with E-state index in [1.807, 2.05) is 13.8 Å². The van der Waals surface area contributed by atoms with Crippen LogP contribution in [-0.4, -0.2) is 84.8 Å². The van der Waals surface area contributed by atoms with Crippen LogP contribution in [0, 0.1) is 5.92 Å². The number of hydrogen-bond acceptors (Lipinski definition) is 5. The number of imide groups is 1. The molecule has 0 radical (unpaired) electrons. The Hall–Kier alpha value is -2.74. The average Bonchev–Trinajstić information content (AvgIpc) is 2.92. The molecule has 0 atom stereocenters. The van der Waals surface area contributed by atoms with Crippen molar-refractivity contribution in [2.45, 2.75) is 13.8 Å². The van der Waals surface area contributed by atoms with Crippen LogP contribution in [0.4, 0.5) is 0 Å². The Morgan fingerprint density at radius 3 is 2.21 bits per heavy atom. The number of hydrogen-bond donors (Lipinski definition) is 0. The third kappa shape index (κ3) is 3.77. The van der Waals surface area contributed by atoms with Crippen molar-refractivity contribution < 1.29 is 23.9 Å². The maximum absolute atomic E-state index is 12.8. The van der Waals surface area contributed by atoms with Gasteiger partial charge in [-0.25, -0.2) is 0 Å². The summed E-state index contributed by atoms with van der Waals surface area (Å²) >= 11 is 0. The van der Waals surface area contributed by atoms with Gasteiger partial charge in [0.15, 0.2) is 0 Å². The zero-order valence-corrected chi connectivity index (χ0v) is 16.4. The summed E-state index contributed by atoms with van der Waals surface area (Å²) in [7, 11) is 1.47. The Labute approximate surface area is 164 Å². The van der Waals surface area contributed by atoms with E-state index in [4.69, 9.17) is 4.74 Å². The molecule has 28 heavy (non-hydrogen) atoms. The predicted molar refractivity (Wildman–Crippen MR) is 101 cm³/mol. The lowest BCUT2D eigenvalue weighted by molar-refractivity contribution is -0.136. The van der Waals surface area contributed by atoms with Crippen molar-refractivity contribution in [1.82, 2.24) is 14.7 Å². The van der Waals surface area contributed by atoms with Gasteiger partial charge < -0.3 is 14.5 Å². The molecular formula is C20H25N3O5. The summed E-state index contributed by atoms with van der Waals surface area (Å²) in [5.41, 5.74) is 1.01. The van der Waals surface area contributed by atoms with Gasteiger partial charge in [0, 0.05) is 45.4 Å². The zero-order valence-electron chi connectivity index (χ0n) is 16.4. The number of nitrogens with zero attached hydrogens (tertiary/aromatic N) is 3. The van der Waals surface area contributed by atoms with E-state index in [0.29, 0.717) is 43.9 Å². The van der Waals surface area contributed by atoms with Crippen LogP contribution in [0.1, 0.15) is 44.9 Å². The van der Waals surface area contributed by atoms with Gasteiger partial charge in [-0.15, -0.1) is 0 Å². The Balaban J connectivity index is 1.71. The maximum atomic E-state index is 12.8. The van der Waals surface area contributed by atoms with Crippen molar-refractivity contribution in [3.8, 4) is 0 Å². The van der Waals surface area contributed by atoms with Crippen LogP contribution < -0.4 is 0 Å². The Morgan fingerprint density at radius 2 is 1.61 bits per heavy atom. The number of piperazine rings is 1. The van der Waals surface area contributed by atoms with Gasteiger partial charge in [-0.05, 0) is 24.1 Å². The van der Waals surface area contributed by atoms with Gasteiger partial charge in [-0.2, -0.15) is 0 Å². The van der Waals surface area contributed by atoms with Gasteiger partial charge >= 0.3 is 0 Å². The SMILES string of the molecule is COCC(=O)N1CCN(C(=O)c2ccc3c(c2)C(=O)N(CC(C)C)C3=O)CC1. The summed E-state index contributed by atoms with van der Waals surface area (Å²) in [6.07, 6.45) is 0. The van der Waals surface area contributed by atoms with E-state index in [1.165, 1.54) is 18.1 Å². The molecule has 0 aliphatic carbocycles. The Kier molecular flexibility index (Phi) is 5.79. The fourth-order valence-corrected chi connectivity index (χ4v) is 3.51. The molecule has 1 aromatic carbocycles. The molecule has 1 saturated heterocycles. The summed E-state index contributed by atoms with van der Waals surface area (Å²) in [6, 6.07) is 4.66. The van der Waals surface area contributed by atoms with Gasteiger partial charge in [-0.3, -0.25) is 24.1 Å². The van der Waals surface area contributed by atoms with Crippen molar-refractivity contribution in [3.63, 3.8) is 0 Å². The van der Waals surface area contributed by atoms with Gasteiger partial charge in [0.1, 0.15) is 6.61 Å². The van der Waals surface area contributed by atoms with Crippen molar-refractivity contribution in [2.75, 3.05) is 46.4 Å². The molecule has 0 saturated carbocycles. The zero-order chi connectivity index (χ0) is 20.4. The molecular weight excluding hydrogens is 362 g/mol. The molecule has 0 N–H and O–H groups in total. The lowest BCUT2D eigenvalue weighted by atomic mass is 10.0. The Morgan fingerprint density at radius 1 is 1.00 bits per heavy atom. The first-order chi connectivity index (χ1) is 13.3. The predicted octanol–water partition coefficient (Wildman–Crippen LogP) is 0.869. The van der Waals surface area contributed by atoms with Crippen LogP contribution >= 0.6 is 0 Å². The highest BCUT2D eigenvalue weighted by atomic mass is 16.5. The van der Waals surface area contributed by atoms with Crippen LogP contribution in [0.25, 0.3) is 0 Å². The van der Waals surface area contributed by atoms with E-state index >= 15 is 0 Å². The first kappa shape index (κ1) is 20.0. The minimum absolute atomic E-state index is 0.0295. The molecule has 1 aromatic rings. The van der Waals surface area contributed by atoms with Gasteiger partial charge in [0.25, 0.3) is 17.7 Å². The molecule has 4 amide bonds. The molecule has 2 heterocycles. The summed E-state index contributed by atoms with van der Waals surface area (Å²) < 4.78 is 4.86. The van der Waals surface area contributed by atoms with Crippen LogP contribution in [0.3, 0.4) is 0 Å². The quantitative estimate of drug-likeness (QED) is 0.700. The van der Waals surface area contributed by atoms with Crippen LogP contribution in [0.2, 0.25) is 0 Å². The maximum Gasteiger partial charge on any atom is 0.261 e. The summed E-state index contributed by atoms with van der Waals surface area (Å²) in [5.74, 6) is -0.789. The van der Waals surface area contributed by atoms with E-state index in [-0.39, 0.29) is 41.7 Å².